The van der Waals surface area contributed by atoms with Crippen molar-refractivity contribution in [1.82, 2.24) is 31.5 Å². The minimum atomic E-state index is -0.447. The molecular formula is C20H20N6O2. The van der Waals surface area contributed by atoms with Gasteiger partial charge < -0.3 is 0 Å². The van der Waals surface area contributed by atoms with E-state index in [1.54, 1.807) is 10.9 Å². The molecular weight excluding hydrogens is 356 g/mol. The topological polar surface area (TPSA) is 100 Å². The first-order chi connectivity index (χ1) is 13.7. The van der Waals surface area contributed by atoms with E-state index >= 15 is 0 Å². The molecule has 8 heteroatoms. The Morgan fingerprint density at radius 3 is 2.43 bits per heavy atom. The molecule has 0 radical (unpaired) electrons. The fraction of sp³-hybridized carbons (Fsp3) is 0.150. The molecule has 2 atom stereocenters. The second-order valence-electron chi connectivity index (χ2n) is 6.49. The van der Waals surface area contributed by atoms with Gasteiger partial charge in [0.25, 0.3) is 11.8 Å². The zero-order valence-electron chi connectivity index (χ0n) is 15.0. The van der Waals surface area contributed by atoms with E-state index in [1.807, 2.05) is 60.7 Å². The third kappa shape index (κ3) is 3.93. The van der Waals surface area contributed by atoms with Crippen molar-refractivity contribution in [1.29, 1.82) is 0 Å². The largest absolute Gasteiger partial charge is 0.272 e. The standard InChI is InChI=1S/C20H20N6O2/c27-19(15-12-21-26(13-15)16-9-5-2-6-10-16)24-25-20(28)18-11-17(22-23-18)14-7-3-1-4-8-14/h1-10,12-13,17-18,22-23H,11H2,(H,24,27)(H,25,28). The first kappa shape index (κ1) is 17.9. The van der Waals surface area contributed by atoms with Crippen LogP contribution in [-0.2, 0) is 4.79 Å². The van der Waals surface area contributed by atoms with Gasteiger partial charge in [-0.1, -0.05) is 48.5 Å². The van der Waals surface area contributed by atoms with Crippen LogP contribution in [0.1, 0.15) is 28.4 Å². The third-order valence-electron chi connectivity index (χ3n) is 4.59. The maximum Gasteiger partial charge on any atom is 0.272 e. The molecule has 2 amide bonds. The highest BCUT2D eigenvalue weighted by Gasteiger charge is 2.30. The zero-order chi connectivity index (χ0) is 19.3. The van der Waals surface area contributed by atoms with Crippen LogP contribution in [0.25, 0.3) is 5.69 Å². The summed E-state index contributed by atoms with van der Waals surface area (Å²) in [5, 5.41) is 4.18. The van der Waals surface area contributed by atoms with Gasteiger partial charge in [0, 0.05) is 12.2 Å². The molecule has 3 aromatic rings. The van der Waals surface area contributed by atoms with Crippen LogP contribution < -0.4 is 21.7 Å². The van der Waals surface area contributed by atoms with Crippen molar-refractivity contribution in [2.75, 3.05) is 0 Å². The average Bonchev–Trinajstić information content (AvgIpc) is 3.43. The molecule has 0 aliphatic carbocycles. The highest BCUT2D eigenvalue weighted by Crippen LogP contribution is 2.21. The lowest BCUT2D eigenvalue weighted by Crippen LogP contribution is -2.50. The lowest BCUT2D eigenvalue weighted by molar-refractivity contribution is -0.123. The monoisotopic (exact) mass is 376 g/mol. The van der Waals surface area contributed by atoms with Crippen LogP contribution in [-0.4, -0.2) is 27.6 Å². The van der Waals surface area contributed by atoms with Gasteiger partial charge in [0.15, 0.2) is 0 Å². The van der Waals surface area contributed by atoms with E-state index in [1.165, 1.54) is 6.20 Å². The summed E-state index contributed by atoms with van der Waals surface area (Å²) in [5.41, 5.74) is 13.3. The number of hydrazine groups is 2. The number of para-hydroxylation sites is 1. The van der Waals surface area contributed by atoms with E-state index in [2.05, 4.69) is 26.8 Å². The van der Waals surface area contributed by atoms with Gasteiger partial charge in [-0.3, -0.25) is 20.4 Å². The van der Waals surface area contributed by atoms with Gasteiger partial charge in [0.05, 0.1) is 17.4 Å². The summed E-state index contributed by atoms with van der Waals surface area (Å²) < 4.78 is 1.60. The van der Waals surface area contributed by atoms with E-state index in [4.69, 9.17) is 0 Å². The summed E-state index contributed by atoms with van der Waals surface area (Å²) in [5.74, 6) is -0.740. The number of hydrogen-bond donors (Lipinski definition) is 4. The van der Waals surface area contributed by atoms with Crippen molar-refractivity contribution < 1.29 is 9.59 Å². The number of aromatic nitrogens is 2. The number of nitrogens with zero attached hydrogens (tertiary/aromatic N) is 2. The molecule has 142 valence electrons. The van der Waals surface area contributed by atoms with Gasteiger partial charge in [-0.2, -0.15) is 5.10 Å². The highest BCUT2D eigenvalue weighted by atomic mass is 16.2. The molecule has 0 saturated carbocycles. The maximum atomic E-state index is 12.3. The quantitative estimate of drug-likeness (QED) is 0.514. The normalized spacial score (nSPS) is 18.6. The SMILES string of the molecule is O=C(NNC(=O)C1CC(c2ccccc2)NN1)c1cnn(-c2ccccc2)c1. The van der Waals surface area contributed by atoms with Crippen molar-refractivity contribution in [2.24, 2.45) is 0 Å². The minimum absolute atomic E-state index is 0.0387. The Balaban J connectivity index is 1.30. The van der Waals surface area contributed by atoms with Gasteiger partial charge in [-0.05, 0) is 24.1 Å². The van der Waals surface area contributed by atoms with E-state index < -0.39 is 11.9 Å². The van der Waals surface area contributed by atoms with Crippen molar-refractivity contribution in [2.45, 2.75) is 18.5 Å². The Labute approximate surface area is 161 Å². The molecule has 2 heterocycles. The first-order valence-electron chi connectivity index (χ1n) is 8.97. The van der Waals surface area contributed by atoms with Crippen molar-refractivity contribution in [3.05, 3.63) is 84.2 Å². The number of carbonyl (C=O) groups is 2. The lowest BCUT2D eigenvalue weighted by atomic mass is 10.0. The number of carbonyl (C=O) groups excluding carboxylic acids is 2. The van der Waals surface area contributed by atoms with Gasteiger partial charge in [-0.15, -0.1) is 0 Å². The number of hydrogen-bond acceptors (Lipinski definition) is 5. The van der Waals surface area contributed by atoms with Crippen molar-refractivity contribution in [3.8, 4) is 5.69 Å². The molecule has 1 aromatic heterocycles. The van der Waals surface area contributed by atoms with Gasteiger partial charge in [-0.25, -0.2) is 15.5 Å². The molecule has 4 rings (SSSR count). The predicted molar refractivity (Wildman–Crippen MR) is 103 cm³/mol. The lowest BCUT2D eigenvalue weighted by Gasteiger charge is -2.11. The molecule has 4 N–H and O–H groups in total. The Morgan fingerprint density at radius 2 is 1.68 bits per heavy atom. The summed E-state index contributed by atoms with van der Waals surface area (Å²) >= 11 is 0. The molecule has 1 saturated heterocycles. The zero-order valence-corrected chi connectivity index (χ0v) is 15.0. The summed E-state index contributed by atoms with van der Waals surface area (Å²) in [6.45, 7) is 0. The summed E-state index contributed by atoms with van der Waals surface area (Å²) in [4.78, 5) is 24.6. The van der Waals surface area contributed by atoms with E-state index in [0.717, 1.165) is 11.3 Å². The van der Waals surface area contributed by atoms with Crippen LogP contribution in [0, 0.1) is 0 Å². The molecule has 2 aromatic carbocycles. The smallest absolute Gasteiger partial charge is 0.271 e. The molecule has 8 nitrogen and oxygen atoms in total. The summed E-state index contributed by atoms with van der Waals surface area (Å²) in [7, 11) is 0. The molecule has 1 fully saturated rings. The molecule has 1 aliphatic rings. The minimum Gasteiger partial charge on any atom is -0.271 e. The van der Waals surface area contributed by atoms with E-state index in [-0.39, 0.29) is 11.9 Å². The number of amides is 2. The van der Waals surface area contributed by atoms with Gasteiger partial charge in [0.1, 0.15) is 6.04 Å². The van der Waals surface area contributed by atoms with E-state index in [9.17, 15) is 9.59 Å². The number of nitrogens with one attached hydrogen (secondary N) is 4. The number of rotatable bonds is 4. The second kappa shape index (κ2) is 8.03. The van der Waals surface area contributed by atoms with Crippen LogP contribution in [0.15, 0.2) is 73.1 Å². The fourth-order valence-electron chi connectivity index (χ4n) is 3.07. The Kier molecular flexibility index (Phi) is 5.14. The third-order valence-corrected chi connectivity index (χ3v) is 4.59. The molecule has 0 bridgehead atoms. The Morgan fingerprint density at radius 1 is 0.964 bits per heavy atom. The molecule has 1 aliphatic heterocycles. The van der Waals surface area contributed by atoms with Crippen LogP contribution in [0.2, 0.25) is 0 Å². The number of benzene rings is 2. The van der Waals surface area contributed by atoms with Crippen LogP contribution in [0.4, 0.5) is 0 Å². The molecule has 0 spiro atoms. The van der Waals surface area contributed by atoms with E-state index in [0.29, 0.717) is 12.0 Å². The summed E-state index contributed by atoms with van der Waals surface area (Å²) in [6, 6.07) is 18.9. The molecule has 2 unspecified atom stereocenters. The van der Waals surface area contributed by atoms with Crippen LogP contribution >= 0.6 is 0 Å². The summed E-state index contributed by atoms with van der Waals surface area (Å²) in [6.07, 6.45) is 3.64. The fourth-order valence-corrected chi connectivity index (χ4v) is 3.07. The van der Waals surface area contributed by atoms with Crippen molar-refractivity contribution in [3.63, 3.8) is 0 Å². The molecule has 28 heavy (non-hydrogen) atoms. The van der Waals surface area contributed by atoms with Crippen molar-refractivity contribution >= 4 is 11.8 Å². The maximum absolute atomic E-state index is 12.3. The predicted octanol–water partition coefficient (Wildman–Crippen LogP) is 1.24. The Bertz CT molecular complexity index is 957. The average molecular weight is 376 g/mol. The second-order valence-corrected chi connectivity index (χ2v) is 6.49. The van der Waals surface area contributed by atoms with Crippen LogP contribution in [0.3, 0.4) is 0 Å². The first-order valence-corrected chi connectivity index (χ1v) is 8.97. The van der Waals surface area contributed by atoms with Crippen LogP contribution in [0.5, 0.6) is 0 Å². The van der Waals surface area contributed by atoms with Gasteiger partial charge in [0.2, 0.25) is 0 Å². The highest BCUT2D eigenvalue weighted by molar-refractivity contribution is 5.95. The van der Waals surface area contributed by atoms with Gasteiger partial charge >= 0.3 is 0 Å². The Hall–Kier alpha value is -3.49.